The lowest BCUT2D eigenvalue weighted by atomic mass is 9.97. The molecule has 23 heavy (non-hydrogen) atoms. The molecular weight excluding hydrogens is 312 g/mol. The second kappa shape index (κ2) is 6.51. The molecular formula is C16H20N4O2S. The maximum Gasteiger partial charge on any atom is 0.267 e. The fourth-order valence-electron chi connectivity index (χ4n) is 3.35. The van der Waals surface area contributed by atoms with Gasteiger partial charge in [0.15, 0.2) is 0 Å². The average molecular weight is 332 g/mol. The maximum absolute atomic E-state index is 12.5. The van der Waals surface area contributed by atoms with Crippen LogP contribution in [0.1, 0.15) is 35.8 Å². The van der Waals surface area contributed by atoms with Crippen LogP contribution < -0.4 is 10.9 Å². The van der Waals surface area contributed by atoms with Gasteiger partial charge in [0.25, 0.3) is 5.56 Å². The second-order valence-corrected chi connectivity index (χ2v) is 6.90. The molecule has 0 saturated carbocycles. The number of nitrogens with one attached hydrogen (secondary N) is 1. The van der Waals surface area contributed by atoms with Gasteiger partial charge in [0.05, 0.1) is 42.2 Å². The molecule has 0 aromatic carbocycles. The fourth-order valence-corrected chi connectivity index (χ4v) is 3.91. The molecule has 0 bridgehead atoms. The molecule has 122 valence electrons. The number of ether oxygens (including phenoxy) is 1. The molecule has 0 amide bonds. The van der Waals surface area contributed by atoms with Crippen LogP contribution in [0.4, 0.5) is 0 Å². The predicted molar refractivity (Wildman–Crippen MR) is 87.7 cm³/mol. The topological polar surface area (TPSA) is 69.0 Å². The van der Waals surface area contributed by atoms with Crippen molar-refractivity contribution in [3.63, 3.8) is 0 Å². The van der Waals surface area contributed by atoms with Gasteiger partial charge in [-0.1, -0.05) is 0 Å². The normalized spacial score (nSPS) is 23.8. The fraction of sp³-hybridized carbons (Fsp3) is 0.562. The Morgan fingerprint density at radius 2 is 2.26 bits per heavy atom. The molecule has 4 rings (SSSR count). The van der Waals surface area contributed by atoms with E-state index in [2.05, 4.69) is 15.4 Å². The Kier molecular flexibility index (Phi) is 4.24. The molecule has 1 aliphatic carbocycles. The van der Waals surface area contributed by atoms with Gasteiger partial charge in [0, 0.05) is 18.0 Å². The first kappa shape index (κ1) is 15.0. The number of aromatic nitrogens is 3. The predicted octanol–water partition coefficient (Wildman–Crippen LogP) is 1.31. The van der Waals surface area contributed by atoms with Crippen LogP contribution in [0.3, 0.4) is 0 Å². The third-order valence-corrected chi connectivity index (χ3v) is 5.26. The smallest absolute Gasteiger partial charge is 0.267 e. The average Bonchev–Trinajstić information content (AvgIpc) is 3.23. The van der Waals surface area contributed by atoms with E-state index >= 15 is 0 Å². The van der Waals surface area contributed by atoms with Crippen LogP contribution in [0.25, 0.3) is 0 Å². The molecule has 1 fully saturated rings. The van der Waals surface area contributed by atoms with Gasteiger partial charge in [-0.15, -0.1) is 11.3 Å². The van der Waals surface area contributed by atoms with Gasteiger partial charge in [0.2, 0.25) is 0 Å². The summed E-state index contributed by atoms with van der Waals surface area (Å²) in [5, 5.41) is 10.1. The van der Waals surface area contributed by atoms with Crippen molar-refractivity contribution in [2.75, 3.05) is 13.2 Å². The summed E-state index contributed by atoms with van der Waals surface area (Å²) in [4.78, 5) is 16.7. The van der Waals surface area contributed by atoms with Crippen molar-refractivity contribution in [1.29, 1.82) is 0 Å². The van der Waals surface area contributed by atoms with Gasteiger partial charge in [-0.05, 0) is 31.2 Å². The molecule has 0 radical (unpaired) electrons. The monoisotopic (exact) mass is 332 g/mol. The summed E-state index contributed by atoms with van der Waals surface area (Å²) in [6, 6.07) is 1.81. The van der Waals surface area contributed by atoms with Crippen molar-refractivity contribution in [2.24, 2.45) is 0 Å². The zero-order chi connectivity index (χ0) is 15.6. The van der Waals surface area contributed by atoms with Crippen molar-refractivity contribution < 1.29 is 4.74 Å². The minimum Gasteiger partial charge on any atom is -0.377 e. The first-order chi connectivity index (χ1) is 11.3. The number of rotatable bonds is 4. The highest BCUT2D eigenvalue weighted by Crippen LogP contribution is 2.21. The van der Waals surface area contributed by atoms with Crippen LogP contribution in [0.2, 0.25) is 0 Å². The number of fused-ring (bicyclic) bond motifs is 1. The molecule has 1 aliphatic heterocycles. The standard InChI is InChI=1S/C16H20N4O2S/c21-16-5-11-3-1-2-4-13(11)19-20(16)15-8-22-7-14(15)17-6-12-9-23-10-18-12/h5,9-10,14-15,17H,1-4,6-8H2. The van der Waals surface area contributed by atoms with Crippen molar-refractivity contribution in [3.05, 3.63) is 44.3 Å². The van der Waals surface area contributed by atoms with Gasteiger partial charge in [-0.25, -0.2) is 9.67 Å². The van der Waals surface area contributed by atoms with E-state index in [1.165, 1.54) is 0 Å². The lowest BCUT2D eigenvalue weighted by Crippen LogP contribution is -2.41. The van der Waals surface area contributed by atoms with E-state index < -0.39 is 0 Å². The molecule has 2 aliphatic rings. The van der Waals surface area contributed by atoms with Gasteiger partial charge >= 0.3 is 0 Å². The Labute approximate surface area is 138 Å². The minimum atomic E-state index is -0.0478. The molecule has 1 saturated heterocycles. The SMILES string of the molecule is O=c1cc2c(nn1C1COCC1NCc1cscn1)CCCC2. The van der Waals surface area contributed by atoms with Crippen LogP contribution in [-0.4, -0.2) is 34.0 Å². The van der Waals surface area contributed by atoms with Crippen LogP contribution in [0.5, 0.6) is 0 Å². The minimum absolute atomic E-state index is 0.0124. The number of hydrogen-bond acceptors (Lipinski definition) is 6. The number of aryl methyl sites for hydroxylation is 2. The highest BCUT2D eigenvalue weighted by atomic mass is 32.1. The van der Waals surface area contributed by atoms with Gasteiger partial charge in [-0.3, -0.25) is 4.79 Å². The molecule has 2 aromatic rings. The van der Waals surface area contributed by atoms with Gasteiger partial charge < -0.3 is 10.1 Å². The van der Waals surface area contributed by atoms with E-state index in [0.29, 0.717) is 19.8 Å². The third kappa shape index (κ3) is 3.08. The van der Waals surface area contributed by atoms with Gasteiger partial charge in [-0.2, -0.15) is 5.10 Å². The van der Waals surface area contributed by atoms with Crippen LogP contribution in [-0.2, 0) is 24.1 Å². The summed E-state index contributed by atoms with van der Waals surface area (Å²) in [6.07, 6.45) is 4.26. The molecule has 2 aromatic heterocycles. The summed E-state index contributed by atoms with van der Waals surface area (Å²) in [7, 11) is 0. The largest absolute Gasteiger partial charge is 0.377 e. The van der Waals surface area contributed by atoms with Crippen LogP contribution in [0.15, 0.2) is 21.8 Å². The molecule has 2 unspecified atom stereocenters. The van der Waals surface area contributed by atoms with E-state index in [1.54, 1.807) is 22.1 Å². The zero-order valence-electron chi connectivity index (χ0n) is 12.9. The molecule has 7 heteroatoms. The second-order valence-electron chi connectivity index (χ2n) is 6.18. The first-order valence-electron chi connectivity index (χ1n) is 8.11. The van der Waals surface area contributed by atoms with Crippen molar-refractivity contribution in [1.82, 2.24) is 20.1 Å². The maximum atomic E-state index is 12.5. The van der Waals surface area contributed by atoms with Gasteiger partial charge in [0.1, 0.15) is 0 Å². The van der Waals surface area contributed by atoms with E-state index in [-0.39, 0.29) is 17.6 Å². The Balaban J connectivity index is 1.55. The Bertz CT molecular complexity index is 728. The summed E-state index contributed by atoms with van der Waals surface area (Å²) in [5.74, 6) is 0. The Morgan fingerprint density at radius 3 is 3.13 bits per heavy atom. The van der Waals surface area contributed by atoms with Crippen LogP contribution in [0, 0.1) is 0 Å². The van der Waals surface area contributed by atoms with E-state index in [1.807, 2.05) is 10.9 Å². The van der Waals surface area contributed by atoms with E-state index in [9.17, 15) is 4.79 Å². The van der Waals surface area contributed by atoms with Crippen LogP contribution >= 0.6 is 11.3 Å². The lowest BCUT2D eigenvalue weighted by molar-refractivity contribution is 0.180. The van der Waals surface area contributed by atoms with Crippen molar-refractivity contribution in [2.45, 2.75) is 44.3 Å². The number of hydrogen-bond donors (Lipinski definition) is 1. The molecule has 0 spiro atoms. The highest BCUT2D eigenvalue weighted by molar-refractivity contribution is 7.07. The first-order valence-corrected chi connectivity index (χ1v) is 9.05. The number of thiazole rings is 1. The van der Waals surface area contributed by atoms with E-state index in [0.717, 1.165) is 42.6 Å². The summed E-state index contributed by atoms with van der Waals surface area (Å²) in [6.45, 7) is 1.81. The summed E-state index contributed by atoms with van der Waals surface area (Å²) < 4.78 is 7.25. The molecule has 1 N–H and O–H groups in total. The molecule has 3 heterocycles. The Morgan fingerprint density at radius 1 is 1.35 bits per heavy atom. The van der Waals surface area contributed by atoms with Crippen molar-refractivity contribution in [3.8, 4) is 0 Å². The molecule has 6 nitrogen and oxygen atoms in total. The Hall–Kier alpha value is -1.57. The number of nitrogens with zero attached hydrogens (tertiary/aromatic N) is 3. The lowest BCUT2D eigenvalue weighted by Gasteiger charge is -2.22. The van der Waals surface area contributed by atoms with E-state index in [4.69, 9.17) is 4.74 Å². The zero-order valence-corrected chi connectivity index (χ0v) is 13.7. The summed E-state index contributed by atoms with van der Waals surface area (Å²) >= 11 is 1.59. The molecule has 2 atom stereocenters. The highest BCUT2D eigenvalue weighted by Gasteiger charge is 2.31. The summed E-state index contributed by atoms with van der Waals surface area (Å²) in [5.41, 5.74) is 5.05. The van der Waals surface area contributed by atoms with Crippen molar-refractivity contribution >= 4 is 11.3 Å². The quantitative estimate of drug-likeness (QED) is 0.914. The third-order valence-electron chi connectivity index (χ3n) is 4.63.